The second kappa shape index (κ2) is 7.29. The van der Waals surface area contributed by atoms with Crippen molar-refractivity contribution in [1.82, 2.24) is 20.2 Å². The average molecular weight is 352 g/mol. The topological polar surface area (TPSA) is 58.1 Å². The molecule has 128 valence electrons. The number of amides is 1. The maximum atomic E-state index is 12.8. The first kappa shape index (κ1) is 16.2. The second-order valence-electron chi connectivity index (χ2n) is 6.21. The van der Waals surface area contributed by atoms with E-state index in [1.54, 1.807) is 23.7 Å². The van der Waals surface area contributed by atoms with Gasteiger partial charge in [-0.05, 0) is 24.1 Å². The smallest absolute Gasteiger partial charge is 0.223 e. The number of aryl methyl sites for hydroxylation is 1. The van der Waals surface area contributed by atoms with Crippen LogP contribution in [0.2, 0.25) is 0 Å². The van der Waals surface area contributed by atoms with Crippen LogP contribution in [0.25, 0.3) is 10.9 Å². The molecule has 0 bridgehead atoms. The zero-order valence-electron chi connectivity index (χ0n) is 13.9. The second-order valence-corrected chi connectivity index (χ2v) is 7.13. The lowest BCUT2D eigenvalue weighted by Gasteiger charge is -2.35. The minimum Gasteiger partial charge on any atom is -0.331 e. The van der Waals surface area contributed by atoms with E-state index in [0.717, 1.165) is 47.5 Å². The number of benzene rings is 1. The summed E-state index contributed by atoms with van der Waals surface area (Å²) >= 11 is 1.61. The lowest BCUT2D eigenvalue weighted by atomic mass is 10.1. The molecule has 1 saturated heterocycles. The van der Waals surface area contributed by atoms with E-state index >= 15 is 0 Å². The van der Waals surface area contributed by atoms with Crippen LogP contribution in [-0.4, -0.2) is 40.4 Å². The molecule has 1 amide bonds. The lowest BCUT2D eigenvalue weighted by Crippen LogP contribution is -2.48. The third-order valence-corrected chi connectivity index (χ3v) is 5.47. The molecule has 1 N–H and O–H groups in total. The number of carbonyl (C=O) groups excluding carboxylic acids is 1. The molecule has 0 spiro atoms. The first-order valence-corrected chi connectivity index (χ1v) is 9.42. The van der Waals surface area contributed by atoms with Crippen molar-refractivity contribution in [3.05, 3.63) is 58.7 Å². The van der Waals surface area contributed by atoms with Gasteiger partial charge < -0.3 is 10.2 Å². The molecule has 0 aliphatic carbocycles. The van der Waals surface area contributed by atoms with Crippen molar-refractivity contribution < 1.29 is 4.79 Å². The molecule has 1 atom stereocenters. The number of pyridine rings is 1. The minimum absolute atomic E-state index is 0.0551. The molecule has 2 aromatic heterocycles. The van der Waals surface area contributed by atoms with E-state index in [-0.39, 0.29) is 11.9 Å². The Balaban J connectivity index is 1.45. The lowest BCUT2D eigenvalue weighted by molar-refractivity contribution is -0.134. The van der Waals surface area contributed by atoms with Crippen LogP contribution < -0.4 is 5.32 Å². The number of fused-ring (bicyclic) bond motifs is 1. The van der Waals surface area contributed by atoms with Gasteiger partial charge in [0.2, 0.25) is 5.91 Å². The van der Waals surface area contributed by atoms with Gasteiger partial charge in [0.05, 0.1) is 11.6 Å². The number of nitrogens with zero attached hydrogens (tertiary/aromatic N) is 3. The van der Waals surface area contributed by atoms with Gasteiger partial charge in [-0.3, -0.25) is 9.78 Å². The standard InChI is InChI=1S/C19H20N4OS/c24-18(23-10-8-20-13-17(23)19-22-9-11-25-19)6-4-14-3-5-15-2-1-7-21-16(15)12-14/h1-3,5,7,9,11-12,17,20H,4,6,8,10,13H2. The zero-order valence-corrected chi connectivity index (χ0v) is 14.7. The number of aromatic nitrogens is 2. The van der Waals surface area contributed by atoms with E-state index in [4.69, 9.17) is 0 Å². The van der Waals surface area contributed by atoms with Crippen molar-refractivity contribution >= 4 is 28.1 Å². The molecule has 25 heavy (non-hydrogen) atoms. The van der Waals surface area contributed by atoms with Crippen LogP contribution in [0.1, 0.15) is 23.0 Å². The summed E-state index contributed by atoms with van der Waals surface area (Å²) in [6.45, 7) is 2.36. The molecule has 5 nitrogen and oxygen atoms in total. The SMILES string of the molecule is O=C(CCc1ccc2cccnc2c1)N1CCNCC1c1nccs1. The largest absolute Gasteiger partial charge is 0.331 e. The van der Waals surface area contributed by atoms with Crippen LogP contribution in [0.15, 0.2) is 48.1 Å². The first-order chi connectivity index (χ1) is 12.3. The average Bonchev–Trinajstić information content (AvgIpc) is 3.20. The predicted octanol–water partition coefficient (Wildman–Crippen LogP) is 2.80. The van der Waals surface area contributed by atoms with Crippen LogP contribution >= 0.6 is 11.3 Å². The maximum Gasteiger partial charge on any atom is 0.223 e. The summed E-state index contributed by atoms with van der Waals surface area (Å²) in [5.41, 5.74) is 2.13. The van der Waals surface area contributed by atoms with Gasteiger partial charge >= 0.3 is 0 Å². The fraction of sp³-hybridized carbons (Fsp3) is 0.316. The van der Waals surface area contributed by atoms with E-state index in [9.17, 15) is 4.79 Å². The van der Waals surface area contributed by atoms with Gasteiger partial charge in [-0.1, -0.05) is 18.2 Å². The number of nitrogens with one attached hydrogen (secondary N) is 1. The van der Waals surface area contributed by atoms with Crippen molar-refractivity contribution in [3.63, 3.8) is 0 Å². The summed E-state index contributed by atoms with van der Waals surface area (Å²) in [7, 11) is 0. The van der Waals surface area contributed by atoms with Crippen molar-refractivity contribution in [3.8, 4) is 0 Å². The monoisotopic (exact) mass is 352 g/mol. The number of rotatable bonds is 4. The molecule has 3 heterocycles. The summed E-state index contributed by atoms with van der Waals surface area (Å²) < 4.78 is 0. The van der Waals surface area contributed by atoms with Crippen LogP contribution in [0.5, 0.6) is 0 Å². The Hall–Kier alpha value is -2.31. The van der Waals surface area contributed by atoms with E-state index in [1.165, 1.54) is 0 Å². The van der Waals surface area contributed by atoms with E-state index in [0.29, 0.717) is 6.42 Å². The Morgan fingerprint density at radius 2 is 2.24 bits per heavy atom. The van der Waals surface area contributed by atoms with Crippen molar-refractivity contribution in [2.45, 2.75) is 18.9 Å². The summed E-state index contributed by atoms with van der Waals surface area (Å²) in [6, 6.07) is 10.3. The molecule has 1 aromatic carbocycles. The maximum absolute atomic E-state index is 12.8. The first-order valence-electron chi connectivity index (χ1n) is 8.54. The zero-order chi connectivity index (χ0) is 17.1. The van der Waals surface area contributed by atoms with Crippen molar-refractivity contribution in [1.29, 1.82) is 0 Å². The molecule has 1 fully saturated rings. The summed E-state index contributed by atoms with van der Waals surface area (Å²) in [6.07, 6.45) is 4.86. The highest BCUT2D eigenvalue weighted by Crippen LogP contribution is 2.25. The van der Waals surface area contributed by atoms with E-state index in [1.807, 2.05) is 16.3 Å². The molecule has 1 unspecified atom stereocenters. The van der Waals surface area contributed by atoms with Gasteiger partial charge in [0.1, 0.15) is 5.01 Å². The Morgan fingerprint density at radius 1 is 1.28 bits per heavy atom. The molecular formula is C19H20N4OS. The number of piperazine rings is 1. The fourth-order valence-electron chi connectivity index (χ4n) is 3.28. The van der Waals surface area contributed by atoms with Crippen LogP contribution in [0, 0.1) is 0 Å². The number of thiazole rings is 1. The normalized spacial score (nSPS) is 17.8. The van der Waals surface area contributed by atoms with Gasteiger partial charge in [-0.2, -0.15) is 0 Å². The third kappa shape index (κ3) is 3.55. The van der Waals surface area contributed by atoms with Crippen LogP contribution in [-0.2, 0) is 11.2 Å². The Bertz CT molecular complexity index is 865. The molecular weight excluding hydrogens is 332 g/mol. The highest BCUT2D eigenvalue weighted by molar-refractivity contribution is 7.09. The summed E-state index contributed by atoms with van der Waals surface area (Å²) in [5, 5.41) is 7.47. The minimum atomic E-state index is 0.0551. The number of carbonyl (C=O) groups is 1. The van der Waals surface area contributed by atoms with Crippen LogP contribution in [0.4, 0.5) is 0 Å². The Labute approximate surface area is 150 Å². The van der Waals surface area contributed by atoms with Crippen LogP contribution in [0.3, 0.4) is 0 Å². The molecule has 0 radical (unpaired) electrons. The molecule has 4 rings (SSSR count). The highest BCUT2D eigenvalue weighted by Gasteiger charge is 2.29. The van der Waals surface area contributed by atoms with Gasteiger partial charge in [0, 0.05) is 49.2 Å². The molecule has 1 aliphatic heterocycles. The van der Waals surface area contributed by atoms with Gasteiger partial charge in [0.25, 0.3) is 0 Å². The van der Waals surface area contributed by atoms with E-state index < -0.39 is 0 Å². The molecule has 6 heteroatoms. The van der Waals surface area contributed by atoms with E-state index in [2.05, 4.69) is 39.6 Å². The summed E-state index contributed by atoms with van der Waals surface area (Å²) in [4.78, 5) is 23.6. The van der Waals surface area contributed by atoms with Crippen molar-refractivity contribution in [2.24, 2.45) is 0 Å². The number of hydrogen-bond acceptors (Lipinski definition) is 5. The summed E-state index contributed by atoms with van der Waals surface area (Å²) in [5.74, 6) is 0.197. The Morgan fingerprint density at radius 3 is 3.12 bits per heavy atom. The Kier molecular flexibility index (Phi) is 4.72. The van der Waals surface area contributed by atoms with Crippen molar-refractivity contribution in [2.75, 3.05) is 19.6 Å². The highest BCUT2D eigenvalue weighted by atomic mass is 32.1. The molecule has 3 aromatic rings. The van der Waals surface area contributed by atoms with Gasteiger partial charge in [-0.15, -0.1) is 11.3 Å². The van der Waals surface area contributed by atoms with Gasteiger partial charge in [0.15, 0.2) is 0 Å². The molecule has 1 aliphatic rings. The third-order valence-electron chi connectivity index (χ3n) is 4.60. The number of hydrogen-bond donors (Lipinski definition) is 1. The quantitative estimate of drug-likeness (QED) is 0.784. The fourth-order valence-corrected chi connectivity index (χ4v) is 4.04. The predicted molar refractivity (Wildman–Crippen MR) is 99.5 cm³/mol. The molecule has 0 saturated carbocycles. The van der Waals surface area contributed by atoms with Gasteiger partial charge in [-0.25, -0.2) is 4.98 Å².